The van der Waals surface area contributed by atoms with Crippen LogP contribution in [0.4, 0.5) is 23.0 Å². The number of hydrogen-bond donors (Lipinski definition) is 5. The molecule has 0 radical (unpaired) electrons. The lowest BCUT2D eigenvalue weighted by molar-refractivity contribution is -0.112. The number of fused-ring (bicyclic) bond motifs is 1. The number of nitrogens with zero attached hydrogens (tertiary/aromatic N) is 3. The molecule has 6 N–H and O–H groups in total. The smallest absolute Gasteiger partial charge is 0.258 e. The number of carbonyl (C=O) groups excluding carboxylic acids is 1. The van der Waals surface area contributed by atoms with Gasteiger partial charge >= 0.3 is 0 Å². The van der Waals surface area contributed by atoms with Gasteiger partial charge in [-0.2, -0.15) is 0 Å². The van der Waals surface area contributed by atoms with Gasteiger partial charge in [-0.15, -0.1) is 5.10 Å². The summed E-state index contributed by atoms with van der Waals surface area (Å²) in [6, 6.07) is 18.4. The third-order valence-corrected chi connectivity index (χ3v) is 5.23. The molecule has 34 heavy (non-hydrogen) atoms. The van der Waals surface area contributed by atoms with Gasteiger partial charge in [-0.25, -0.2) is 9.67 Å². The molecule has 0 atom stereocenters. The van der Waals surface area contributed by atoms with Crippen LogP contribution in [0.3, 0.4) is 0 Å². The molecule has 2 heterocycles. The predicted molar refractivity (Wildman–Crippen MR) is 137 cm³/mol. The van der Waals surface area contributed by atoms with Crippen LogP contribution in [0.25, 0.3) is 16.7 Å². The Morgan fingerprint density at radius 3 is 2.65 bits per heavy atom. The molecular weight excluding hydrogens is 428 g/mol. The molecule has 1 amide bonds. The zero-order chi connectivity index (χ0) is 24.2. The number of benzene rings is 2. The molecule has 9 nitrogen and oxygen atoms in total. The van der Waals surface area contributed by atoms with Crippen molar-refractivity contribution in [3.63, 3.8) is 0 Å². The number of carbonyl (C=O) groups is 1. The molecule has 0 aliphatic rings. The molecule has 0 aliphatic carbocycles. The lowest BCUT2D eigenvalue weighted by Gasteiger charge is -2.09. The van der Waals surface area contributed by atoms with E-state index < -0.39 is 5.91 Å². The maximum Gasteiger partial charge on any atom is 0.258 e. The number of allylic oxidation sites excluding steroid dienone is 1. The van der Waals surface area contributed by atoms with Crippen LogP contribution < -0.4 is 16.4 Å². The first-order valence-electron chi connectivity index (χ1n) is 10.6. The molecule has 4 rings (SSSR count). The Kier molecular flexibility index (Phi) is 6.18. The molecule has 170 valence electrons. The Labute approximate surface area is 196 Å². The second-order valence-electron chi connectivity index (χ2n) is 7.55. The summed E-state index contributed by atoms with van der Waals surface area (Å²) < 4.78 is 1.70. The molecule has 0 fully saturated rings. The van der Waals surface area contributed by atoms with Gasteiger partial charge in [-0.05, 0) is 56.3 Å². The fourth-order valence-electron chi connectivity index (χ4n) is 3.51. The highest BCUT2D eigenvalue weighted by Gasteiger charge is 2.15. The van der Waals surface area contributed by atoms with Crippen LogP contribution in [0.15, 0.2) is 72.3 Å². The monoisotopic (exact) mass is 452 g/mol. The standard InChI is InChI=1S/C25H24N8O/c1-3-16(14-26)25(34)31-22-9-6-10-23(30-22)33-21-8-5-4-7-18(21)24(32-33)29-17-11-12-20(28)19(13-17)15(2)27/h3-14,26-27H,28H2,1-2H3,(H,29,32)(H,30,31,34)/b16-3+,26-14?,27-15?. The summed E-state index contributed by atoms with van der Waals surface area (Å²) >= 11 is 0. The average Bonchev–Trinajstić information content (AvgIpc) is 3.19. The van der Waals surface area contributed by atoms with Crippen molar-refractivity contribution < 1.29 is 4.79 Å². The van der Waals surface area contributed by atoms with Crippen LogP contribution in [0.1, 0.15) is 19.4 Å². The molecule has 4 aromatic rings. The zero-order valence-electron chi connectivity index (χ0n) is 18.8. The summed E-state index contributed by atoms with van der Waals surface area (Å²) in [7, 11) is 0. The third kappa shape index (κ3) is 4.40. The maximum atomic E-state index is 12.3. The number of amides is 1. The largest absolute Gasteiger partial charge is 0.398 e. The van der Waals surface area contributed by atoms with Crippen molar-refractivity contribution in [3.05, 3.63) is 77.9 Å². The van der Waals surface area contributed by atoms with E-state index in [2.05, 4.69) is 15.6 Å². The Morgan fingerprint density at radius 1 is 1.12 bits per heavy atom. The van der Waals surface area contributed by atoms with E-state index in [1.54, 1.807) is 48.9 Å². The predicted octanol–water partition coefficient (Wildman–Crippen LogP) is 4.67. The quantitative estimate of drug-likeness (QED) is 0.157. The van der Waals surface area contributed by atoms with Gasteiger partial charge in [0, 0.05) is 34.3 Å². The summed E-state index contributed by atoms with van der Waals surface area (Å²) in [4.78, 5) is 16.9. The summed E-state index contributed by atoms with van der Waals surface area (Å²) in [6.07, 6.45) is 2.56. The van der Waals surface area contributed by atoms with Crippen LogP contribution in [-0.4, -0.2) is 32.6 Å². The van der Waals surface area contributed by atoms with Crippen molar-refractivity contribution in [1.29, 1.82) is 10.8 Å². The summed E-state index contributed by atoms with van der Waals surface area (Å²) in [5.41, 5.74) is 9.40. The van der Waals surface area contributed by atoms with E-state index in [1.165, 1.54) is 0 Å². The fourth-order valence-corrected chi connectivity index (χ4v) is 3.51. The van der Waals surface area contributed by atoms with Gasteiger partial charge in [-0.3, -0.25) is 4.79 Å². The number of rotatable bonds is 7. The summed E-state index contributed by atoms with van der Waals surface area (Å²) in [5, 5.41) is 26.9. The minimum absolute atomic E-state index is 0.242. The molecular formula is C25H24N8O. The van der Waals surface area contributed by atoms with Crippen molar-refractivity contribution in [2.24, 2.45) is 0 Å². The number of nitrogens with two attached hydrogens (primary N) is 1. The van der Waals surface area contributed by atoms with Crippen molar-refractivity contribution >= 4 is 51.7 Å². The van der Waals surface area contributed by atoms with Gasteiger partial charge in [0.1, 0.15) is 5.82 Å². The van der Waals surface area contributed by atoms with Crippen molar-refractivity contribution in [3.8, 4) is 5.82 Å². The Hall–Kier alpha value is -4.79. The molecule has 0 spiro atoms. The Bertz CT molecular complexity index is 1450. The van der Waals surface area contributed by atoms with Gasteiger partial charge in [0.25, 0.3) is 5.91 Å². The van der Waals surface area contributed by atoms with Crippen molar-refractivity contribution in [1.82, 2.24) is 14.8 Å². The van der Waals surface area contributed by atoms with Crippen LogP contribution in [0, 0.1) is 10.8 Å². The number of nitrogens with one attached hydrogen (secondary N) is 4. The molecule has 0 unspecified atom stereocenters. The van der Waals surface area contributed by atoms with Gasteiger partial charge in [-0.1, -0.05) is 24.3 Å². The number of para-hydroxylation sites is 1. The minimum atomic E-state index is -0.407. The average molecular weight is 453 g/mol. The van der Waals surface area contributed by atoms with E-state index in [9.17, 15) is 4.79 Å². The second-order valence-corrected chi connectivity index (χ2v) is 7.55. The van der Waals surface area contributed by atoms with Gasteiger partial charge in [0.2, 0.25) is 0 Å². The third-order valence-electron chi connectivity index (χ3n) is 5.23. The van der Waals surface area contributed by atoms with E-state index in [0.29, 0.717) is 34.4 Å². The van der Waals surface area contributed by atoms with E-state index in [-0.39, 0.29) is 5.57 Å². The van der Waals surface area contributed by atoms with Crippen LogP contribution >= 0.6 is 0 Å². The first-order chi connectivity index (χ1) is 16.4. The molecule has 0 saturated carbocycles. The van der Waals surface area contributed by atoms with Gasteiger partial charge in [0.05, 0.1) is 11.1 Å². The highest BCUT2D eigenvalue weighted by Crippen LogP contribution is 2.29. The van der Waals surface area contributed by atoms with Crippen molar-refractivity contribution in [2.45, 2.75) is 13.8 Å². The van der Waals surface area contributed by atoms with Gasteiger partial charge in [0.15, 0.2) is 11.6 Å². The molecule has 0 saturated heterocycles. The number of pyridine rings is 1. The second kappa shape index (κ2) is 9.37. The highest BCUT2D eigenvalue weighted by atomic mass is 16.1. The molecule has 0 aliphatic heterocycles. The summed E-state index contributed by atoms with van der Waals surface area (Å²) in [6.45, 7) is 3.39. The number of nitrogen functional groups attached to an aromatic ring is 1. The van der Waals surface area contributed by atoms with E-state index in [1.807, 2.05) is 36.4 Å². The van der Waals surface area contributed by atoms with Crippen molar-refractivity contribution in [2.75, 3.05) is 16.4 Å². The maximum absolute atomic E-state index is 12.3. The van der Waals surface area contributed by atoms with Crippen LogP contribution in [-0.2, 0) is 4.79 Å². The van der Waals surface area contributed by atoms with E-state index in [4.69, 9.17) is 21.7 Å². The van der Waals surface area contributed by atoms with Crippen LogP contribution in [0.5, 0.6) is 0 Å². The number of anilines is 4. The van der Waals surface area contributed by atoms with Crippen LogP contribution in [0.2, 0.25) is 0 Å². The minimum Gasteiger partial charge on any atom is -0.398 e. The Morgan fingerprint density at radius 2 is 1.91 bits per heavy atom. The zero-order valence-corrected chi connectivity index (χ0v) is 18.8. The molecule has 0 bridgehead atoms. The fraction of sp³-hybridized carbons (Fsp3) is 0.0800. The molecule has 2 aromatic heterocycles. The summed E-state index contributed by atoms with van der Waals surface area (Å²) in [5.74, 6) is 1.08. The Balaban J connectivity index is 1.72. The number of hydrogen-bond acceptors (Lipinski definition) is 7. The van der Waals surface area contributed by atoms with E-state index >= 15 is 0 Å². The lowest BCUT2D eigenvalue weighted by atomic mass is 10.1. The normalized spacial score (nSPS) is 11.3. The lowest BCUT2D eigenvalue weighted by Crippen LogP contribution is -2.16. The number of aromatic nitrogens is 3. The van der Waals surface area contributed by atoms with E-state index in [0.717, 1.165) is 22.8 Å². The molecule has 9 heteroatoms. The topological polar surface area (TPSA) is 146 Å². The first-order valence-corrected chi connectivity index (χ1v) is 10.6. The van der Waals surface area contributed by atoms with Gasteiger partial charge < -0.3 is 27.2 Å². The first kappa shape index (κ1) is 22.4. The highest BCUT2D eigenvalue weighted by molar-refractivity contribution is 6.16. The molecule has 2 aromatic carbocycles. The SMILES string of the molecule is C/C=C(\C=N)C(=O)Nc1cccc(-n2nc(Nc3ccc(N)c(C(C)=N)c3)c3ccccc32)n1.